The Hall–Kier alpha value is -5.32. The van der Waals surface area contributed by atoms with Crippen LogP contribution in [0.3, 0.4) is 0 Å². The fraction of sp³-hybridized carbons (Fsp3) is 0.385. The molecule has 4 heteroatoms. The molecule has 350 valence electrons. The lowest BCUT2D eigenvalue weighted by Crippen LogP contribution is -2.42. The highest BCUT2D eigenvalue weighted by molar-refractivity contribution is 7.26. The smallest absolute Gasteiger partial charge is 0.198 e. The maximum atomic E-state index is 4.22. The Morgan fingerprint density at radius 1 is 0.493 bits per heavy atom. The van der Waals surface area contributed by atoms with E-state index in [1.807, 2.05) is 11.3 Å². The van der Waals surface area contributed by atoms with Crippen molar-refractivity contribution in [1.29, 1.82) is 0 Å². The number of rotatable bonds is 4. The van der Waals surface area contributed by atoms with Gasteiger partial charge in [0, 0.05) is 54.2 Å². The van der Waals surface area contributed by atoms with Crippen LogP contribution in [0.2, 0.25) is 0 Å². The fourth-order valence-electron chi connectivity index (χ4n) is 13.6. The summed E-state index contributed by atoms with van der Waals surface area (Å²) < 4.78 is 2.70. The standard InChI is InChI=1S/C65H71BN2S/c1-38-32-45-49(65(12,13)31-28-61(45,4)5)37-52(38)68-53-33-39-18-14-15-19-41(39)56(58(53)66-50-24-25-55-57(59(50)68)42-20-16-17-21-54(42)69-55)43-35-47-48(64(10,11)30-29-63(47,8)9)36-51(43)67-40-22-23-44-46(34-40)62(6,7)27-26-60(44,2)3/h14-25,32-37,66-67H,26-31H2,1-13H3. The number of nitrogens with zero attached hydrogens (tertiary/aromatic N) is 1. The summed E-state index contributed by atoms with van der Waals surface area (Å²) in [6, 6.07) is 43.6. The number of fused-ring (bicyclic) bond motifs is 10. The van der Waals surface area contributed by atoms with Gasteiger partial charge in [-0.3, -0.25) is 0 Å². The molecule has 3 aliphatic carbocycles. The first kappa shape index (κ1) is 44.9. The molecule has 7 aromatic carbocycles. The van der Waals surface area contributed by atoms with Gasteiger partial charge in [-0.05, 0) is 187 Å². The van der Waals surface area contributed by atoms with Gasteiger partial charge in [0.15, 0.2) is 7.28 Å². The van der Waals surface area contributed by atoms with Gasteiger partial charge in [-0.15, -0.1) is 11.3 Å². The lowest BCUT2D eigenvalue weighted by molar-refractivity contribution is 0.332. The van der Waals surface area contributed by atoms with E-state index in [0.29, 0.717) is 0 Å². The Morgan fingerprint density at radius 3 is 1.71 bits per heavy atom. The molecule has 2 heterocycles. The van der Waals surface area contributed by atoms with Crippen LogP contribution in [0.1, 0.15) is 161 Å². The molecule has 12 rings (SSSR count). The van der Waals surface area contributed by atoms with Crippen LogP contribution in [0.15, 0.2) is 109 Å². The van der Waals surface area contributed by atoms with Crippen LogP contribution < -0.4 is 21.1 Å². The van der Waals surface area contributed by atoms with Gasteiger partial charge in [-0.2, -0.15) is 0 Å². The summed E-state index contributed by atoms with van der Waals surface area (Å²) in [5, 5.41) is 9.55. The number of aryl methyl sites for hydroxylation is 1. The lowest BCUT2D eigenvalue weighted by Gasteiger charge is -2.44. The van der Waals surface area contributed by atoms with E-state index in [2.05, 4.69) is 209 Å². The van der Waals surface area contributed by atoms with Crippen molar-refractivity contribution in [2.24, 2.45) is 0 Å². The van der Waals surface area contributed by atoms with Gasteiger partial charge in [-0.1, -0.05) is 149 Å². The Labute approximate surface area is 417 Å². The number of thiophene rings is 1. The van der Waals surface area contributed by atoms with Crippen LogP contribution in [-0.2, 0) is 32.5 Å². The van der Waals surface area contributed by atoms with Crippen LogP contribution in [0.4, 0.5) is 28.4 Å². The molecule has 69 heavy (non-hydrogen) atoms. The maximum Gasteiger partial charge on any atom is 0.198 e. The molecular formula is C65H71BN2S. The minimum absolute atomic E-state index is 0.0370. The largest absolute Gasteiger partial charge is 0.355 e. The first-order valence-electron chi connectivity index (χ1n) is 26.1. The van der Waals surface area contributed by atoms with Crippen molar-refractivity contribution in [1.82, 2.24) is 0 Å². The van der Waals surface area contributed by atoms with E-state index in [0.717, 1.165) is 7.28 Å². The molecule has 1 N–H and O–H groups in total. The van der Waals surface area contributed by atoms with Crippen molar-refractivity contribution >= 4 is 88.9 Å². The first-order valence-corrected chi connectivity index (χ1v) is 26.9. The molecule has 2 nitrogen and oxygen atoms in total. The van der Waals surface area contributed by atoms with Gasteiger partial charge in [0.25, 0.3) is 0 Å². The molecule has 4 aliphatic rings. The molecule has 8 aromatic rings. The third-order valence-corrected chi connectivity index (χ3v) is 19.5. The number of hydrogen-bond donors (Lipinski definition) is 1. The Morgan fingerprint density at radius 2 is 1.04 bits per heavy atom. The second-order valence-corrected chi connectivity index (χ2v) is 26.9. The van der Waals surface area contributed by atoms with Crippen LogP contribution in [-0.4, -0.2) is 7.28 Å². The zero-order chi connectivity index (χ0) is 48.4. The molecular weight excluding hydrogens is 852 g/mol. The molecule has 0 spiro atoms. The summed E-state index contributed by atoms with van der Waals surface area (Å²) in [6.07, 6.45) is 7.11. The lowest BCUT2D eigenvalue weighted by atomic mass is 9.56. The normalized spacial score (nSPS) is 19.8. The minimum Gasteiger partial charge on any atom is -0.355 e. The van der Waals surface area contributed by atoms with E-state index in [9.17, 15) is 0 Å². The van der Waals surface area contributed by atoms with Crippen molar-refractivity contribution in [3.63, 3.8) is 0 Å². The second-order valence-electron chi connectivity index (χ2n) is 25.8. The van der Waals surface area contributed by atoms with Gasteiger partial charge in [0.05, 0.1) is 0 Å². The highest BCUT2D eigenvalue weighted by Gasteiger charge is 2.42. The zero-order valence-corrected chi connectivity index (χ0v) is 44.5. The summed E-state index contributed by atoms with van der Waals surface area (Å²) in [5.74, 6) is 0. The van der Waals surface area contributed by atoms with Crippen molar-refractivity contribution < 1.29 is 0 Å². The quantitative estimate of drug-likeness (QED) is 0.177. The number of hydrogen-bond acceptors (Lipinski definition) is 3. The van der Waals surface area contributed by atoms with Gasteiger partial charge >= 0.3 is 0 Å². The van der Waals surface area contributed by atoms with Gasteiger partial charge in [0.1, 0.15) is 0 Å². The first-order chi connectivity index (χ1) is 32.5. The molecule has 0 atom stereocenters. The van der Waals surface area contributed by atoms with Crippen molar-refractivity contribution in [3.8, 4) is 11.1 Å². The van der Waals surface area contributed by atoms with E-state index < -0.39 is 0 Å². The average molecular weight is 923 g/mol. The average Bonchev–Trinajstić information content (AvgIpc) is 3.69. The highest BCUT2D eigenvalue weighted by atomic mass is 32.1. The summed E-state index contributed by atoms with van der Waals surface area (Å²) in [6.45, 7) is 31.9. The molecule has 0 saturated heterocycles. The van der Waals surface area contributed by atoms with Gasteiger partial charge < -0.3 is 10.2 Å². The van der Waals surface area contributed by atoms with Crippen LogP contribution in [0.5, 0.6) is 0 Å². The van der Waals surface area contributed by atoms with E-state index in [1.54, 1.807) is 0 Å². The van der Waals surface area contributed by atoms with Crippen LogP contribution >= 0.6 is 11.3 Å². The van der Waals surface area contributed by atoms with E-state index in [4.69, 9.17) is 0 Å². The third-order valence-electron chi connectivity index (χ3n) is 18.4. The molecule has 1 aliphatic heterocycles. The number of benzene rings is 7. The summed E-state index contributed by atoms with van der Waals surface area (Å²) in [7, 11) is 0.845. The molecule has 0 saturated carbocycles. The van der Waals surface area contributed by atoms with Gasteiger partial charge in [-0.25, -0.2) is 0 Å². The Kier molecular flexibility index (Phi) is 9.66. The predicted octanol–water partition coefficient (Wildman–Crippen LogP) is 17.1. The third kappa shape index (κ3) is 6.84. The maximum absolute atomic E-state index is 4.22. The zero-order valence-electron chi connectivity index (χ0n) is 43.7. The van der Waals surface area contributed by atoms with Gasteiger partial charge in [0.2, 0.25) is 0 Å². The van der Waals surface area contributed by atoms with Crippen LogP contribution in [0, 0.1) is 6.92 Å². The second kappa shape index (κ2) is 14.9. The fourth-order valence-corrected chi connectivity index (χ4v) is 14.7. The number of anilines is 5. The van der Waals surface area contributed by atoms with Crippen molar-refractivity contribution in [3.05, 3.63) is 148 Å². The summed E-state index contributed by atoms with van der Waals surface area (Å²) in [5.41, 5.74) is 22.6. The molecule has 0 unspecified atom stereocenters. The van der Waals surface area contributed by atoms with Crippen molar-refractivity contribution in [2.45, 2.75) is 161 Å². The molecule has 1 aromatic heterocycles. The van der Waals surface area contributed by atoms with Crippen molar-refractivity contribution in [2.75, 3.05) is 10.2 Å². The predicted molar refractivity (Wildman–Crippen MR) is 304 cm³/mol. The Bertz CT molecular complexity index is 3480. The van der Waals surface area contributed by atoms with Crippen LogP contribution in [0.25, 0.3) is 42.1 Å². The van der Waals surface area contributed by atoms with E-state index >= 15 is 0 Å². The summed E-state index contributed by atoms with van der Waals surface area (Å²) in [4.78, 5) is 2.74. The minimum atomic E-state index is 0.0370. The molecule has 0 fully saturated rings. The SMILES string of the molecule is Cc1cc2c(cc1N1c3cc4ccccc4c(-c4cc5c(cc4Nc4ccc6c(c4)C(C)(C)CCC6(C)C)C(C)(C)CCC5(C)C)c3Bc3ccc4sc5ccccc5c4c31)C(C)(C)CCC2(C)C. The molecule has 0 amide bonds. The molecule has 0 radical (unpaired) electrons. The van der Waals surface area contributed by atoms with E-state index in [1.165, 1.54) is 159 Å². The highest BCUT2D eigenvalue weighted by Crippen LogP contribution is 2.55. The number of nitrogens with one attached hydrogen (secondary N) is 1. The topological polar surface area (TPSA) is 15.3 Å². The monoisotopic (exact) mass is 923 g/mol. The summed E-state index contributed by atoms with van der Waals surface area (Å²) >= 11 is 1.93. The van der Waals surface area contributed by atoms with E-state index in [-0.39, 0.29) is 32.5 Å². The molecule has 0 bridgehead atoms. The Balaban J connectivity index is 1.18.